The lowest BCUT2D eigenvalue weighted by atomic mass is 10.1. The van der Waals surface area contributed by atoms with E-state index in [1.54, 1.807) is 19.9 Å². The van der Waals surface area contributed by atoms with Crippen molar-refractivity contribution in [3.8, 4) is 0 Å². The Morgan fingerprint density at radius 3 is 2.38 bits per heavy atom. The maximum absolute atomic E-state index is 12.3. The molecule has 1 aliphatic carbocycles. The fraction of sp³-hybridized carbons (Fsp3) is 0.500. The van der Waals surface area contributed by atoms with E-state index < -0.39 is 16.0 Å². The topological polar surface area (TPSA) is 104 Å². The van der Waals surface area contributed by atoms with Gasteiger partial charge >= 0.3 is 5.97 Å². The zero-order valence-electron chi connectivity index (χ0n) is 12.0. The average molecular weight is 313 g/mol. The molecule has 0 aliphatic heterocycles. The van der Waals surface area contributed by atoms with Crippen LogP contribution in [0.5, 0.6) is 0 Å². The largest absolute Gasteiger partial charge is 0.478 e. The highest BCUT2D eigenvalue weighted by atomic mass is 32.2. The first-order chi connectivity index (χ1) is 9.71. The van der Waals surface area contributed by atoms with E-state index in [1.165, 1.54) is 6.07 Å². The van der Waals surface area contributed by atoms with Crippen LogP contribution in [0.4, 0.5) is 0 Å². The number of carboxylic acids is 1. The summed E-state index contributed by atoms with van der Waals surface area (Å²) in [5.41, 5.74) is 0.650. The van der Waals surface area contributed by atoms with E-state index in [9.17, 15) is 18.3 Å². The molecule has 1 saturated carbocycles. The number of carbonyl (C=O) groups is 1. The summed E-state index contributed by atoms with van der Waals surface area (Å²) in [5.74, 6) is -1.15. The second-order valence-electron chi connectivity index (χ2n) is 5.72. The molecule has 0 radical (unpaired) electrons. The van der Waals surface area contributed by atoms with Crippen molar-refractivity contribution in [1.29, 1.82) is 0 Å². The molecule has 0 amide bonds. The van der Waals surface area contributed by atoms with E-state index in [0.29, 0.717) is 11.1 Å². The molecule has 0 heterocycles. The summed E-state index contributed by atoms with van der Waals surface area (Å²) in [4.78, 5) is 11.1. The van der Waals surface area contributed by atoms with E-state index in [0.717, 1.165) is 12.8 Å². The van der Waals surface area contributed by atoms with Crippen LogP contribution in [0.1, 0.15) is 34.3 Å². The third kappa shape index (κ3) is 3.25. The molecule has 1 aliphatic rings. The van der Waals surface area contributed by atoms with Gasteiger partial charge < -0.3 is 10.2 Å². The maximum Gasteiger partial charge on any atom is 0.335 e. The first-order valence-electron chi connectivity index (χ1n) is 6.66. The third-order valence-electron chi connectivity index (χ3n) is 3.97. The summed E-state index contributed by atoms with van der Waals surface area (Å²) in [7, 11) is -3.79. The zero-order chi connectivity index (χ0) is 15.8. The smallest absolute Gasteiger partial charge is 0.335 e. The molecule has 0 atom stereocenters. The van der Waals surface area contributed by atoms with Gasteiger partial charge in [0.15, 0.2) is 0 Å². The number of aromatic carboxylic acids is 1. The van der Waals surface area contributed by atoms with Crippen molar-refractivity contribution in [3.63, 3.8) is 0 Å². The van der Waals surface area contributed by atoms with Gasteiger partial charge in [0.1, 0.15) is 0 Å². The van der Waals surface area contributed by atoms with Crippen molar-refractivity contribution in [3.05, 3.63) is 28.8 Å². The normalized spacial score (nSPS) is 16.7. The van der Waals surface area contributed by atoms with E-state index in [2.05, 4.69) is 4.72 Å². The maximum atomic E-state index is 12.3. The summed E-state index contributed by atoms with van der Waals surface area (Å²) in [6.07, 6.45) is 1.58. The number of benzene rings is 1. The molecule has 2 rings (SSSR count). The van der Waals surface area contributed by atoms with Crippen molar-refractivity contribution in [2.24, 2.45) is 5.41 Å². The number of aliphatic hydroxyl groups excluding tert-OH is 1. The molecule has 0 bridgehead atoms. The number of nitrogens with one attached hydrogen (secondary N) is 1. The Bertz CT molecular complexity index is 677. The van der Waals surface area contributed by atoms with Crippen molar-refractivity contribution < 1.29 is 23.4 Å². The second kappa shape index (κ2) is 5.40. The van der Waals surface area contributed by atoms with E-state index in [-0.39, 0.29) is 29.0 Å². The van der Waals surface area contributed by atoms with E-state index >= 15 is 0 Å². The standard InChI is InChI=1S/C14H19NO5S/c1-9-5-10(2)12(6-11(9)13(17)18)21(19,20)15-7-14(8-16)3-4-14/h5-6,15-16H,3-4,7-8H2,1-2H3,(H,17,18). The highest BCUT2D eigenvalue weighted by Gasteiger charge is 2.42. The third-order valence-corrected chi connectivity index (χ3v) is 5.51. The predicted octanol–water partition coefficient (Wildman–Crippen LogP) is 1.05. The van der Waals surface area contributed by atoms with Crippen LogP contribution in [0.15, 0.2) is 17.0 Å². The fourth-order valence-corrected chi connectivity index (χ4v) is 3.65. The summed E-state index contributed by atoms with van der Waals surface area (Å²) in [6.45, 7) is 3.38. The summed E-state index contributed by atoms with van der Waals surface area (Å²) < 4.78 is 27.2. The highest BCUT2D eigenvalue weighted by Crippen LogP contribution is 2.44. The predicted molar refractivity (Wildman–Crippen MR) is 76.8 cm³/mol. The van der Waals surface area contributed by atoms with Gasteiger partial charge in [-0.1, -0.05) is 6.07 Å². The molecule has 7 heteroatoms. The minimum Gasteiger partial charge on any atom is -0.478 e. The second-order valence-corrected chi connectivity index (χ2v) is 7.46. The van der Waals surface area contributed by atoms with E-state index in [4.69, 9.17) is 5.11 Å². The molecule has 0 spiro atoms. The first kappa shape index (κ1) is 15.9. The van der Waals surface area contributed by atoms with Gasteiger partial charge in [-0.05, 0) is 43.9 Å². The molecule has 0 unspecified atom stereocenters. The first-order valence-corrected chi connectivity index (χ1v) is 8.14. The van der Waals surface area contributed by atoms with Crippen LogP contribution >= 0.6 is 0 Å². The Labute approximate surface area is 123 Å². The van der Waals surface area contributed by atoms with Crippen molar-refractivity contribution in [1.82, 2.24) is 4.72 Å². The minimum atomic E-state index is -3.79. The Morgan fingerprint density at radius 2 is 1.90 bits per heavy atom. The van der Waals surface area contributed by atoms with Gasteiger partial charge in [-0.15, -0.1) is 0 Å². The van der Waals surface area contributed by atoms with Crippen molar-refractivity contribution in [2.45, 2.75) is 31.6 Å². The van der Waals surface area contributed by atoms with Crippen LogP contribution in [0.2, 0.25) is 0 Å². The molecule has 6 nitrogen and oxygen atoms in total. The molecule has 1 aromatic rings. The van der Waals surface area contributed by atoms with Gasteiger partial charge in [-0.25, -0.2) is 17.9 Å². The molecule has 1 aromatic carbocycles. The lowest BCUT2D eigenvalue weighted by Gasteiger charge is -2.15. The van der Waals surface area contributed by atoms with Crippen molar-refractivity contribution in [2.75, 3.05) is 13.2 Å². The summed E-state index contributed by atoms with van der Waals surface area (Å²) in [6, 6.07) is 2.74. The molecule has 0 saturated heterocycles. The number of rotatable bonds is 6. The Morgan fingerprint density at radius 1 is 1.29 bits per heavy atom. The van der Waals surface area contributed by atoms with Gasteiger partial charge in [-0.2, -0.15) is 0 Å². The number of carboxylic acid groups (broad SMARTS) is 1. The number of hydrogen-bond donors (Lipinski definition) is 3. The SMILES string of the molecule is Cc1cc(C)c(S(=O)(=O)NCC2(CO)CC2)cc1C(=O)O. The Balaban J connectivity index is 2.31. The van der Waals surface area contributed by atoms with E-state index in [1.807, 2.05) is 0 Å². The summed E-state index contributed by atoms with van der Waals surface area (Å²) >= 11 is 0. The molecular formula is C14H19NO5S. The summed E-state index contributed by atoms with van der Waals surface area (Å²) in [5, 5.41) is 18.3. The Hall–Kier alpha value is -1.44. The Kier molecular flexibility index (Phi) is 4.10. The van der Waals surface area contributed by atoms with Gasteiger partial charge in [0.2, 0.25) is 10.0 Å². The highest BCUT2D eigenvalue weighted by molar-refractivity contribution is 7.89. The number of hydrogen-bond acceptors (Lipinski definition) is 4. The molecular weight excluding hydrogens is 294 g/mol. The number of aliphatic hydroxyl groups is 1. The molecule has 3 N–H and O–H groups in total. The minimum absolute atomic E-state index is 0.0238. The number of aryl methyl sites for hydroxylation is 2. The lowest BCUT2D eigenvalue weighted by molar-refractivity contribution is 0.0696. The van der Waals surface area contributed by atoms with Gasteiger partial charge in [-0.3, -0.25) is 0 Å². The lowest BCUT2D eigenvalue weighted by Crippen LogP contribution is -2.32. The van der Waals surface area contributed by atoms with Crippen LogP contribution in [0, 0.1) is 19.3 Å². The zero-order valence-corrected chi connectivity index (χ0v) is 12.8. The van der Waals surface area contributed by atoms with Crippen LogP contribution in [-0.4, -0.2) is 37.8 Å². The molecule has 0 aromatic heterocycles. The van der Waals surface area contributed by atoms with Gasteiger partial charge in [0, 0.05) is 18.6 Å². The van der Waals surface area contributed by atoms with Gasteiger partial charge in [0.25, 0.3) is 0 Å². The quantitative estimate of drug-likeness (QED) is 0.728. The van der Waals surface area contributed by atoms with Crippen LogP contribution in [0.25, 0.3) is 0 Å². The molecule has 21 heavy (non-hydrogen) atoms. The molecule has 116 valence electrons. The average Bonchev–Trinajstić information content (AvgIpc) is 3.16. The van der Waals surface area contributed by atoms with Crippen LogP contribution < -0.4 is 4.72 Å². The monoisotopic (exact) mass is 313 g/mol. The van der Waals surface area contributed by atoms with Crippen LogP contribution in [-0.2, 0) is 10.0 Å². The fourth-order valence-electron chi connectivity index (χ4n) is 2.25. The molecule has 1 fully saturated rings. The number of sulfonamides is 1. The van der Waals surface area contributed by atoms with Crippen LogP contribution in [0.3, 0.4) is 0 Å². The van der Waals surface area contributed by atoms with Crippen molar-refractivity contribution >= 4 is 16.0 Å². The van der Waals surface area contributed by atoms with Gasteiger partial charge in [0.05, 0.1) is 10.5 Å².